The van der Waals surface area contributed by atoms with Crippen LogP contribution in [0, 0.1) is 5.41 Å². The van der Waals surface area contributed by atoms with Gasteiger partial charge in [-0.3, -0.25) is 19.5 Å². The Balaban J connectivity index is 1.65. The lowest BCUT2D eigenvalue weighted by atomic mass is 9.73. The van der Waals surface area contributed by atoms with Crippen LogP contribution < -0.4 is 0 Å². The first-order valence-electron chi connectivity index (χ1n) is 10.0. The molecule has 2 fully saturated rings. The zero-order chi connectivity index (χ0) is 19.4. The Labute approximate surface area is 162 Å². The standard InChI is InChI=1S/C21H32N4O2/c1-17(2)23(3)14-20(27)24-12-6-9-21(15-24)10-8-19(26)25(16-21)13-18-7-4-5-11-22-18/h4-5,7,11,17H,6,8-10,12-16H2,1-3H3/t21-/m1/s1. The van der Waals surface area contributed by atoms with Crippen molar-refractivity contribution in [2.45, 2.75) is 52.1 Å². The molecule has 2 saturated heterocycles. The third-order valence-electron chi connectivity index (χ3n) is 6.11. The average molecular weight is 373 g/mol. The third-order valence-corrected chi connectivity index (χ3v) is 6.11. The van der Waals surface area contributed by atoms with Crippen molar-refractivity contribution < 1.29 is 9.59 Å². The lowest BCUT2D eigenvalue weighted by Crippen LogP contribution is -2.56. The van der Waals surface area contributed by atoms with Crippen molar-refractivity contribution >= 4 is 11.8 Å². The molecule has 3 rings (SSSR count). The van der Waals surface area contributed by atoms with E-state index in [1.54, 1.807) is 6.20 Å². The molecular formula is C21H32N4O2. The van der Waals surface area contributed by atoms with Gasteiger partial charge in [0.1, 0.15) is 0 Å². The van der Waals surface area contributed by atoms with E-state index >= 15 is 0 Å². The highest BCUT2D eigenvalue weighted by Crippen LogP contribution is 2.39. The fourth-order valence-electron chi connectivity index (χ4n) is 4.18. The third kappa shape index (κ3) is 4.86. The molecule has 0 radical (unpaired) electrons. The Morgan fingerprint density at radius 1 is 1.30 bits per heavy atom. The van der Waals surface area contributed by atoms with Crippen LogP contribution in [0.3, 0.4) is 0 Å². The second-order valence-corrected chi connectivity index (χ2v) is 8.50. The first kappa shape index (κ1) is 19.8. The predicted octanol–water partition coefficient (Wildman–Crippen LogP) is 2.15. The molecule has 148 valence electrons. The second kappa shape index (κ2) is 8.38. The van der Waals surface area contributed by atoms with Gasteiger partial charge < -0.3 is 9.80 Å². The van der Waals surface area contributed by atoms with Crippen LogP contribution in [0.1, 0.15) is 45.2 Å². The monoisotopic (exact) mass is 372 g/mol. The van der Waals surface area contributed by atoms with E-state index in [0.717, 1.165) is 44.6 Å². The van der Waals surface area contributed by atoms with Crippen LogP contribution >= 0.6 is 0 Å². The molecular weight excluding hydrogens is 340 g/mol. The molecule has 6 nitrogen and oxygen atoms in total. The van der Waals surface area contributed by atoms with Gasteiger partial charge in [0.2, 0.25) is 11.8 Å². The maximum absolute atomic E-state index is 12.8. The first-order chi connectivity index (χ1) is 12.9. The van der Waals surface area contributed by atoms with Gasteiger partial charge >= 0.3 is 0 Å². The van der Waals surface area contributed by atoms with E-state index in [1.165, 1.54) is 0 Å². The number of piperidine rings is 2. The fourth-order valence-corrected chi connectivity index (χ4v) is 4.18. The van der Waals surface area contributed by atoms with Crippen LogP contribution in [-0.2, 0) is 16.1 Å². The molecule has 1 spiro atoms. The van der Waals surface area contributed by atoms with Crippen LogP contribution in [0.5, 0.6) is 0 Å². The summed E-state index contributed by atoms with van der Waals surface area (Å²) in [6.07, 6.45) is 5.33. The highest BCUT2D eigenvalue weighted by Gasteiger charge is 2.42. The van der Waals surface area contributed by atoms with E-state index in [0.29, 0.717) is 25.6 Å². The van der Waals surface area contributed by atoms with E-state index in [2.05, 4.69) is 23.7 Å². The summed E-state index contributed by atoms with van der Waals surface area (Å²) in [5.74, 6) is 0.410. The van der Waals surface area contributed by atoms with Crippen molar-refractivity contribution in [3.63, 3.8) is 0 Å². The summed E-state index contributed by atoms with van der Waals surface area (Å²) in [6, 6.07) is 6.17. The van der Waals surface area contributed by atoms with Crippen LogP contribution in [0.25, 0.3) is 0 Å². The Kier molecular flexibility index (Phi) is 6.15. The number of nitrogens with zero attached hydrogens (tertiary/aromatic N) is 4. The zero-order valence-corrected chi connectivity index (χ0v) is 16.9. The number of likely N-dealkylation sites (N-methyl/N-ethyl adjacent to an activating group) is 1. The molecule has 0 aliphatic carbocycles. The molecule has 2 amide bonds. The summed E-state index contributed by atoms with van der Waals surface area (Å²) in [4.78, 5) is 35.7. The van der Waals surface area contributed by atoms with Crippen molar-refractivity contribution in [3.05, 3.63) is 30.1 Å². The second-order valence-electron chi connectivity index (χ2n) is 8.50. The van der Waals surface area contributed by atoms with Gasteiger partial charge in [-0.05, 0) is 52.3 Å². The van der Waals surface area contributed by atoms with Crippen LogP contribution in [0.2, 0.25) is 0 Å². The molecule has 0 unspecified atom stereocenters. The highest BCUT2D eigenvalue weighted by atomic mass is 16.2. The molecule has 6 heteroatoms. The molecule has 0 saturated carbocycles. The normalized spacial score (nSPS) is 23.5. The van der Waals surface area contributed by atoms with Gasteiger partial charge in [0.15, 0.2) is 0 Å². The van der Waals surface area contributed by atoms with E-state index in [1.807, 2.05) is 35.0 Å². The molecule has 0 aromatic carbocycles. The van der Waals surface area contributed by atoms with E-state index in [9.17, 15) is 9.59 Å². The number of hydrogen-bond acceptors (Lipinski definition) is 4. The lowest BCUT2D eigenvalue weighted by molar-refractivity contribution is -0.144. The van der Waals surface area contributed by atoms with Gasteiger partial charge in [-0.15, -0.1) is 0 Å². The Morgan fingerprint density at radius 2 is 2.11 bits per heavy atom. The Bertz CT molecular complexity index is 663. The topological polar surface area (TPSA) is 56.8 Å². The number of pyridine rings is 1. The number of carbonyl (C=O) groups excluding carboxylic acids is 2. The summed E-state index contributed by atoms with van der Waals surface area (Å²) < 4.78 is 0. The largest absolute Gasteiger partial charge is 0.341 e. The predicted molar refractivity (Wildman–Crippen MR) is 105 cm³/mol. The highest BCUT2D eigenvalue weighted by molar-refractivity contribution is 5.79. The van der Waals surface area contributed by atoms with Crippen molar-refractivity contribution in [1.82, 2.24) is 19.7 Å². The van der Waals surface area contributed by atoms with Gasteiger partial charge in [0.05, 0.1) is 18.8 Å². The number of amides is 2. The average Bonchev–Trinajstić information content (AvgIpc) is 2.66. The quantitative estimate of drug-likeness (QED) is 0.795. The summed E-state index contributed by atoms with van der Waals surface area (Å²) in [5.41, 5.74) is 0.956. The summed E-state index contributed by atoms with van der Waals surface area (Å²) in [5, 5.41) is 0. The number of rotatable bonds is 5. The van der Waals surface area contributed by atoms with Crippen molar-refractivity contribution in [2.75, 3.05) is 33.2 Å². The zero-order valence-electron chi connectivity index (χ0n) is 16.9. The van der Waals surface area contributed by atoms with Crippen LogP contribution in [-0.4, -0.2) is 70.8 Å². The minimum atomic E-state index is 0.0347. The van der Waals surface area contributed by atoms with E-state index in [4.69, 9.17) is 0 Å². The maximum Gasteiger partial charge on any atom is 0.236 e. The van der Waals surface area contributed by atoms with Gasteiger partial charge in [0.25, 0.3) is 0 Å². The number of hydrogen-bond donors (Lipinski definition) is 0. The van der Waals surface area contributed by atoms with Crippen LogP contribution in [0.4, 0.5) is 0 Å². The first-order valence-corrected chi connectivity index (χ1v) is 10.0. The number of carbonyl (C=O) groups is 2. The van der Waals surface area contributed by atoms with Crippen molar-refractivity contribution in [2.24, 2.45) is 5.41 Å². The van der Waals surface area contributed by atoms with Gasteiger partial charge in [-0.25, -0.2) is 0 Å². The Morgan fingerprint density at radius 3 is 2.81 bits per heavy atom. The minimum Gasteiger partial charge on any atom is -0.341 e. The molecule has 27 heavy (non-hydrogen) atoms. The molecule has 1 atom stereocenters. The minimum absolute atomic E-state index is 0.0347. The van der Waals surface area contributed by atoms with Gasteiger partial charge in [-0.1, -0.05) is 6.07 Å². The summed E-state index contributed by atoms with van der Waals surface area (Å²) >= 11 is 0. The van der Waals surface area contributed by atoms with Gasteiger partial charge in [-0.2, -0.15) is 0 Å². The SMILES string of the molecule is CC(C)N(C)CC(=O)N1CCC[C@@]2(CCC(=O)N(Cc3ccccn3)C2)C1. The van der Waals surface area contributed by atoms with Crippen LogP contribution in [0.15, 0.2) is 24.4 Å². The summed E-state index contributed by atoms with van der Waals surface area (Å²) in [7, 11) is 2.00. The Hall–Kier alpha value is -1.95. The van der Waals surface area contributed by atoms with Gasteiger partial charge in [0, 0.05) is 43.7 Å². The molecule has 2 aliphatic heterocycles. The van der Waals surface area contributed by atoms with Crippen molar-refractivity contribution in [1.29, 1.82) is 0 Å². The number of likely N-dealkylation sites (tertiary alicyclic amines) is 2. The fraction of sp³-hybridized carbons (Fsp3) is 0.667. The molecule has 0 bridgehead atoms. The summed E-state index contributed by atoms with van der Waals surface area (Å²) in [6.45, 7) is 7.56. The molecule has 2 aliphatic rings. The molecule has 1 aromatic rings. The molecule has 1 aromatic heterocycles. The molecule has 3 heterocycles. The maximum atomic E-state index is 12.8. The van der Waals surface area contributed by atoms with E-state index in [-0.39, 0.29) is 17.2 Å². The van der Waals surface area contributed by atoms with Crippen molar-refractivity contribution in [3.8, 4) is 0 Å². The number of aromatic nitrogens is 1. The molecule has 0 N–H and O–H groups in total. The smallest absolute Gasteiger partial charge is 0.236 e. The van der Waals surface area contributed by atoms with E-state index < -0.39 is 0 Å². The lowest BCUT2D eigenvalue weighted by Gasteiger charge is -2.48.